The summed E-state index contributed by atoms with van der Waals surface area (Å²) in [5.41, 5.74) is 3.35. The standard InChI is InChI=1S/C23H27NOS/c1-19-16-22(24(23(19)25)17-20-10-4-2-5-11-20)14-8-9-15-26-18-21-12-6-3-7-13-21/h2-7,10-13,22H,1,8-9,14-18H2. The molecule has 3 rings (SSSR count). The molecule has 0 saturated carbocycles. The summed E-state index contributed by atoms with van der Waals surface area (Å²) in [5, 5.41) is 0. The van der Waals surface area contributed by atoms with E-state index in [9.17, 15) is 4.79 Å². The summed E-state index contributed by atoms with van der Waals surface area (Å²) < 4.78 is 0. The van der Waals surface area contributed by atoms with Gasteiger partial charge in [-0.1, -0.05) is 73.7 Å². The first-order valence-electron chi connectivity index (χ1n) is 9.38. The summed E-state index contributed by atoms with van der Waals surface area (Å²) in [4.78, 5) is 14.5. The molecule has 0 spiro atoms. The van der Waals surface area contributed by atoms with E-state index in [-0.39, 0.29) is 5.91 Å². The Labute approximate surface area is 161 Å². The van der Waals surface area contributed by atoms with Crippen LogP contribution in [0.5, 0.6) is 0 Å². The molecule has 2 aromatic carbocycles. The van der Waals surface area contributed by atoms with E-state index in [1.807, 2.05) is 34.9 Å². The van der Waals surface area contributed by atoms with Crippen molar-refractivity contribution in [2.24, 2.45) is 0 Å². The molecule has 1 atom stereocenters. The lowest BCUT2D eigenvalue weighted by molar-refractivity contribution is -0.126. The molecule has 0 N–H and O–H groups in total. The maximum atomic E-state index is 12.4. The number of rotatable bonds is 9. The Morgan fingerprint density at radius 2 is 1.62 bits per heavy atom. The fraction of sp³-hybridized carbons (Fsp3) is 0.348. The first kappa shape index (κ1) is 18.8. The van der Waals surface area contributed by atoms with Crippen molar-refractivity contribution < 1.29 is 4.79 Å². The highest BCUT2D eigenvalue weighted by Crippen LogP contribution is 2.28. The number of likely N-dealkylation sites (tertiary alicyclic amines) is 1. The molecule has 0 radical (unpaired) electrons. The highest BCUT2D eigenvalue weighted by Gasteiger charge is 2.33. The quantitative estimate of drug-likeness (QED) is 0.435. The summed E-state index contributed by atoms with van der Waals surface area (Å²) in [7, 11) is 0. The molecule has 0 aliphatic carbocycles. The maximum Gasteiger partial charge on any atom is 0.249 e. The number of hydrogen-bond acceptors (Lipinski definition) is 2. The van der Waals surface area contributed by atoms with E-state index in [0.717, 1.165) is 30.6 Å². The van der Waals surface area contributed by atoms with Gasteiger partial charge in [0.1, 0.15) is 0 Å². The average molecular weight is 366 g/mol. The van der Waals surface area contributed by atoms with Gasteiger partial charge in [-0.05, 0) is 36.1 Å². The van der Waals surface area contributed by atoms with E-state index >= 15 is 0 Å². The van der Waals surface area contributed by atoms with E-state index in [2.05, 4.69) is 49.0 Å². The summed E-state index contributed by atoms with van der Waals surface area (Å²) in [6, 6.07) is 21.2. The van der Waals surface area contributed by atoms with Gasteiger partial charge in [-0.15, -0.1) is 0 Å². The number of amides is 1. The molecule has 1 aliphatic rings. The minimum atomic E-state index is 0.136. The number of nitrogens with zero attached hydrogens (tertiary/aromatic N) is 1. The van der Waals surface area contributed by atoms with E-state index < -0.39 is 0 Å². The number of hydrogen-bond donors (Lipinski definition) is 0. The Bertz CT molecular complexity index is 714. The molecule has 1 fully saturated rings. The lowest BCUT2D eigenvalue weighted by atomic mass is 10.1. The van der Waals surface area contributed by atoms with Crippen molar-refractivity contribution in [3.63, 3.8) is 0 Å². The molecular weight excluding hydrogens is 338 g/mol. The van der Waals surface area contributed by atoms with Crippen LogP contribution in [0.15, 0.2) is 72.8 Å². The highest BCUT2D eigenvalue weighted by molar-refractivity contribution is 7.98. The number of carbonyl (C=O) groups is 1. The van der Waals surface area contributed by atoms with E-state index in [4.69, 9.17) is 0 Å². The normalized spacial score (nSPS) is 17.1. The predicted molar refractivity (Wildman–Crippen MR) is 111 cm³/mol. The molecule has 1 saturated heterocycles. The van der Waals surface area contributed by atoms with Crippen LogP contribution in [-0.2, 0) is 17.1 Å². The molecule has 1 heterocycles. The zero-order chi connectivity index (χ0) is 18.2. The maximum absolute atomic E-state index is 12.4. The lowest BCUT2D eigenvalue weighted by Gasteiger charge is -2.24. The second-order valence-electron chi connectivity index (χ2n) is 6.91. The van der Waals surface area contributed by atoms with Gasteiger partial charge in [0.25, 0.3) is 0 Å². The average Bonchev–Trinajstić information content (AvgIpc) is 2.94. The van der Waals surface area contributed by atoms with Gasteiger partial charge < -0.3 is 4.90 Å². The molecule has 1 aliphatic heterocycles. The molecule has 136 valence electrons. The molecule has 1 unspecified atom stereocenters. The molecule has 26 heavy (non-hydrogen) atoms. The minimum absolute atomic E-state index is 0.136. The zero-order valence-corrected chi connectivity index (χ0v) is 16.1. The van der Waals surface area contributed by atoms with Crippen molar-refractivity contribution in [2.75, 3.05) is 5.75 Å². The molecule has 2 aromatic rings. The van der Waals surface area contributed by atoms with Crippen LogP contribution in [0.1, 0.15) is 36.8 Å². The van der Waals surface area contributed by atoms with Crippen LogP contribution in [0.25, 0.3) is 0 Å². The van der Waals surface area contributed by atoms with Crippen LogP contribution >= 0.6 is 11.8 Å². The SMILES string of the molecule is C=C1CC(CCCCSCc2ccccc2)N(Cc2ccccc2)C1=O. The van der Waals surface area contributed by atoms with Gasteiger partial charge in [0.15, 0.2) is 0 Å². The number of unbranched alkanes of at least 4 members (excludes halogenated alkanes) is 1. The van der Waals surface area contributed by atoms with Gasteiger partial charge in [0, 0.05) is 23.9 Å². The van der Waals surface area contributed by atoms with Crippen LogP contribution in [-0.4, -0.2) is 22.6 Å². The zero-order valence-electron chi connectivity index (χ0n) is 15.3. The molecule has 3 heteroatoms. The lowest BCUT2D eigenvalue weighted by Crippen LogP contribution is -2.32. The van der Waals surface area contributed by atoms with Crippen molar-refractivity contribution >= 4 is 17.7 Å². The number of carbonyl (C=O) groups excluding carboxylic acids is 1. The largest absolute Gasteiger partial charge is 0.331 e. The summed E-state index contributed by atoms with van der Waals surface area (Å²) in [6.45, 7) is 4.67. The second-order valence-corrected chi connectivity index (χ2v) is 8.02. The third-order valence-electron chi connectivity index (χ3n) is 4.87. The summed E-state index contributed by atoms with van der Waals surface area (Å²) in [6.07, 6.45) is 4.26. The molecule has 1 amide bonds. The van der Waals surface area contributed by atoms with Crippen molar-refractivity contribution in [1.29, 1.82) is 0 Å². The Balaban J connectivity index is 1.41. The van der Waals surface area contributed by atoms with Crippen molar-refractivity contribution in [3.8, 4) is 0 Å². The van der Waals surface area contributed by atoms with Crippen molar-refractivity contribution in [2.45, 2.75) is 44.0 Å². The van der Waals surface area contributed by atoms with Gasteiger partial charge >= 0.3 is 0 Å². The predicted octanol–water partition coefficient (Wildman–Crippen LogP) is 5.45. The third-order valence-corrected chi connectivity index (χ3v) is 5.98. The van der Waals surface area contributed by atoms with Gasteiger partial charge in [0.2, 0.25) is 5.91 Å². The van der Waals surface area contributed by atoms with E-state index in [1.54, 1.807) is 0 Å². The van der Waals surface area contributed by atoms with Crippen molar-refractivity contribution in [1.82, 2.24) is 4.90 Å². The van der Waals surface area contributed by atoms with E-state index in [0.29, 0.717) is 12.6 Å². The monoisotopic (exact) mass is 365 g/mol. The van der Waals surface area contributed by atoms with Gasteiger partial charge in [-0.2, -0.15) is 11.8 Å². The third kappa shape index (κ3) is 5.25. The van der Waals surface area contributed by atoms with Gasteiger partial charge in [-0.3, -0.25) is 4.79 Å². The molecule has 0 aromatic heterocycles. The van der Waals surface area contributed by atoms with E-state index in [1.165, 1.54) is 23.3 Å². The summed E-state index contributed by atoms with van der Waals surface area (Å²) in [5.74, 6) is 2.40. The molecule has 0 bridgehead atoms. The van der Waals surface area contributed by atoms with Gasteiger partial charge in [0.05, 0.1) is 0 Å². The van der Waals surface area contributed by atoms with Crippen molar-refractivity contribution in [3.05, 3.63) is 83.9 Å². The van der Waals surface area contributed by atoms with Crippen LogP contribution in [0.2, 0.25) is 0 Å². The van der Waals surface area contributed by atoms with Crippen LogP contribution in [0.4, 0.5) is 0 Å². The Morgan fingerprint density at radius 1 is 0.962 bits per heavy atom. The molecule has 2 nitrogen and oxygen atoms in total. The Morgan fingerprint density at radius 3 is 2.31 bits per heavy atom. The fourth-order valence-electron chi connectivity index (χ4n) is 3.44. The smallest absolute Gasteiger partial charge is 0.249 e. The molecular formula is C23H27NOS. The first-order chi connectivity index (χ1) is 12.7. The highest BCUT2D eigenvalue weighted by atomic mass is 32.2. The summed E-state index contributed by atoms with van der Waals surface area (Å²) >= 11 is 2.00. The van der Waals surface area contributed by atoms with Gasteiger partial charge in [-0.25, -0.2) is 0 Å². The van der Waals surface area contributed by atoms with Crippen LogP contribution in [0, 0.1) is 0 Å². The number of thioether (sulfide) groups is 1. The van der Waals surface area contributed by atoms with Crippen LogP contribution < -0.4 is 0 Å². The minimum Gasteiger partial charge on any atom is -0.331 e. The number of benzene rings is 2. The Kier molecular flexibility index (Phi) is 6.96. The van der Waals surface area contributed by atoms with Crippen LogP contribution in [0.3, 0.4) is 0 Å². The second kappa shape index (κ2) is 9.63. The fourth-order valence-corrected chi connectivity index (χ4v) is 4.42. The first-order valence-corrected chi connectivity index (χ1v) is 10.5. The topological polar surface area (TPSA) is 20.3 Å². The Hall–Kier alpha value is -2.00.